The number of rotatable bonds is 5. The molecule has 0 saturated carbocycles. The number of hydrogen-bond donors (Lipinski definition) is 5. The lowest BCUT2D eigenvalue weighted by molar-refractivity contribution is -0.119. The molecule has 0 radical (unpaired) electrons. The van der Waals surface area contributed by atoms with Gasteiger partial charge in [0.25, 0.3) is 0 Å². The van der Waals surface area contributed by atoms with E-state index >= 15 is 0 Å². The first-order valence-electron chi connectivity index (χ1n) is 9.34. The summed E-state index contributed by atoms with van der Waals surface area (Å²) in [5.74, 6) is -1.14. The van der Waals surface area contributed by atoms with Gasteiger partial charge >= 0.3 is 11.4 Å². The van der Waals surface area contributed by atoms with Crippen LogP contribution < -0.4 is 28.6 Å². The molecule has 2 amide bonds. The number of nitriles is 1. The molecule has 0 spiro atoms. The van der Waals surface area contributed by atoms with Crippen LogP contribution in [-0.2, 0) is 29.2 Å². The minimum absolute atomic E-state index is 0. The van der Waals surface area contributed by atoms with Crippen LogP contribution in [0.4, 0.5) is 0 Å². The molecule has 0 aliphatic heterocycles. The maximum Gasteiger partial charge on any atom is 0.326 e. The quantitative estimate of drug-likeness (QED) is 0.271. The molecule has 0 aliphatic rings. The van der Waals surface area contributed by atoms with Gasteiger partial charge in [0, 0.05) is 6.54 Å². The fourth-order valence-electron chi connectivity index (χ4n) is 3.20. The van der Waals surface area contributed by atoms with E-state index in [0.717, 1.165) is 5.56 Å². The third-order valence-corrected chi connectivity index (χ3v) is 4.61. The molecule has 4 aromatic rings. The zero-order valence-corrected chi connectivity index (χ0v) is 16.8. The Morgan fingerprint density at radius 3 is 1.82 bits per heavy atom. The summed E-state index contributed by atoms with van der Waals surface area (Å²) < 4.78 is 2.54. The zero-order valence-electron chi connectivity index (χ0n) is 16.8. The van der Waals surface area contributed by atoms with Crippen molar-refractivity contribution in [2.24, 2.45) is 17.2 Å². The van der Waals surface area contributed by atoms with Crippen molar-refractivity contribution in [3.05, 3.63) is 68.5 Å². The van der Waals surface area contributed by atoms with Gasteiger partial charge in [-0.2, -0.15) is 5.26 Å². The number of amides is 2. The summed E-state index contributed by atoms with van der Waals surface area (Å²) in [7, 11) is 0. The van der Waals surface area contributed by atoms with Crippen LogP contribution in [0.25, 0.3) is 22.1 Å². The normalized spacial score (nSPS) is 10.2. The number of carbonyl (C=O) groups is 2. The first-order chi connectivity index (χ1) is 15.2. The molecule has 0 atom stereocenters. The van der Waals surface area contributed by atoms with Crippen molar-refractivity contribution >= 4 is 33.9 Å². The second-order valence-electron chi connectivity index (χ2n) is 6.86. The molecule has 0 saturated heterocycles. The molecule has 0 aliphatic carbocycles. The first kappa shape index (κ1) is 24.6. The van der Waals surface area contributed by atoms with Gasteiger partial charge in [0.05, 0.1) is 33.7 Å². The third kappa shape index (κ3) is 5.35. The lowest BCUT2D eigenvalue weighted by Crippen LogP contribution is -2.26. The van der Waals surface area contributed by atoms with E-state index in [9.17, 15) is 19.2 Å². The van der Waals surface area contributed by atoms with E-state index in [1.165, 1.54) is 9.13 Å². The average Bonchev–Trinajstić information content (AvgIpc) is 3.22. The largest absolute Gasteiger partial charge is 0.368 e. The molecule has 2 aromatic heterocycles. The number of nitrogens with zero attached hydrogens (tertiary/aromatic N) is 3. The molecule has 2 aromatic carbocycles. The summed E-state index contributed by atoms with van der Waals surface area (Å²) in [6, 6.07) is 12.0. The van der Waals surface area contributed by atoms with E-state index in [1.54, 1.807) is 30.3 Å². The van der Waals surface area contributed by atoms with Crippen molar-refractivity contribution in [3.63, 3.8) is 0 Å². The van der Waals surface area contributed by atoms with E-state index < -0.39 is 17.5 Å². The summed E-state index contributed by atoms with van der Waals surface area (Å²) in [6.07, 6.45) is 0. The van der Waals surface area contributed by atoms with Crippen LogP contribution in [0.15, 0.2) is 46.0 Å². The summed E-state index contributed by atoms with van der Waals surface area (Å²) in [5, 5.41) is 8.70. The lowest BCUT2D eigenvalue weighted by atomic mass is 10.2. The van der Waals surface area contributed by atoms with Gasteiger partial charge in [-0.05, 0) is 35.9 Å². The van der Waals surface area contributed by atoms with Gasteiger partial charge in [-0.15, -0.1) is 0 Å². The average molecular weight is 452 g/mol. The van der Waals surface area contributed by atoms with Crippen molar-refractivity contribution in [1.82, 2.24) is 19.1 Å². The molecule has 4 rings (SSSR count). The standard InChI is InChI=1S/C10H12N4O2.C10H8N4O2.CH4/c2*11-4-6-1-2-8-7(3-6)13-10(16)14(8)5-9(12)15;/h1-3H,4-5,11H2,(H2,12,15)(H,13,16);1-3H,5H2,(H2,12,15)(H,13,16);1H4. The molecule has 12 nitrogen and oxygen atoms in total. The molecule has 2 heterocycles. The molecule has 172 valence electrons. The second kappa shape index (κ2) is 10.1. The maximum atomic E-state index is 11.5. The van der Waals surface area contributed by atoms with E-state index in [0.29, 0.717) is 34.2 Å². The van der Waals surface area contributed by atoms with Crippen LogP contribution in [0.5, 0.6) is 0 Å². The predicted octanol–water partition coefficient (Wildman–Crippen LogP) is -0.404. The van der Waals surface area contributed by atoms with Crippen LogP contribution in [0.2, 0.25) is 0 Å². The first-order valence-corrected chi connectivity index (χ1v) is 9.34. The summed E-state index contributed by atoms with van der Waals surface area (Å²) in [5.41, 5.74) is 18.6. The molecule has 33 heavy (non-hydrogen) atoms. The Morgan fingerprint density at radius 2 is 1.36 bits per heavy atom. The minimum Gasteiger partial charge on any atom is -0.368 e. The molecule has 12 heteroatoms. The number of imidazole rings is 2. The van der Waals surface area contributed by atoms with Crippen LogP contribution in [-0.4, -0.2) is 30.9 Å². The molecule has 0 fully saturated rings. The van der Waals surface area contributed by atoms with E-state index in [1.807, 2.05) is 12.1 Å². The van der Waals surface area contributed by atoms with Gasteiger partial charge < -0.3 is 27.2 Å². The summed E-state index contributed by atoms with van der Waals surface area (Å²) >= 11 is 0. The SMILES string of the molecule is C.N#Cc1ccc2c(c1)[nH]c(=O)n2CC(N)=O.NCc1ccc2c(c1)[nH]c(=O)n2CC(N)=O. The van der Waals surface area contributed by atoms with Crippen molar-refractivity contribution in [3.8, 4) is 6.07 Å². The summed E-state index contributed by atoms with van der Waals surface area (Å²) in [6.45, 7) is 0.102. The number of nitrogens with one attached hydrogen (secondary N) is 2. The van der Waals surface area contributed by atoms with Gasteiger partial charge in [0.1, 0.15) is 13.1 Å². The molecular weight excluding hydrogens is 428 g/mol. The van der Waals surface area contributed by atoms with Crippen LogP contribution in [0.3, 0.4) is 0 Å². The number of benzene rings is 2. The number of H-pyrrole nitrogens is 2. The highest BCUT2D eigenvalue weighted by Gasteiger charge is 2.10. The predicted molar refractivity (Wildman–Crippen MR) is 123 cm³/mol. The Hall–Kier alpha value is -4.63. The van der Waals surface area contributed by atoms with Crippen LogP contribution >= 0.6 is 0 Å². The van der Waals surface area contributed by atoms with Gasteiger partial charge in [0.15, 0.2) is 0 Å². The number of hydrogen-bond acceptors (Lipinski definition) is 6. The Kier molecular flexibility index (Phi) is 7.55. The van der Waals surface area contributed by atoms with Crippen molar-refractivity contribution in [2.75, 3.05) is 0 Å². The Morgan fingerprint density at radius 1 is 0.879 bits per heavy atom. The smallest absolute Gasteiger partial charge is 0.326 e. The van der Waals surface area contributed by atoms with Crippen molar-refractivity contribution in [2.45, 2.75) is 27.1 Å². The van der Waals surface area contributed by atoms with Gasteiger partial charge in [0.2, 0.25) is 11.8 Å². The van der Waals surface area contributed by atoms with Gasteiger partial charge in [-0.25, -0.2) is 9.59 Å². The minimum atomic E-state index is -0.590. The fourth-order valence-corrected chi connectivity index (χ4v) is 3.20. The molecule has 0 unspecified atom stereocenters. The highest BCUT2D eigenvalue weighted by atomic mass is 16.2. The van der Waals surface area contributed by atoms with Crippen LogP contribution in [0.1, 0.15) is 18.6 Å². The number of aromatic nitrogens is 4. The maximum absolute atomic E-state index is 11.5. The highest BCUT2D eigenvalue weighted by molar-refractivity contribution is 5.81. The monoisotopic (exact) mass is 452 g/mol. The molecule has 0 bridgehead atoms. The van der Waals surface area contributed by atoms with Crippen molar-refractivity contribution in [1.29, 1.82) is 5.26 Å². The number of fused-ring (bicyclic) bond motifs is 2. The van der Waals surface area contributed by atoms with Crippen molar-refractivity contribution < 1.29 is 9.59 Å². The Labute approximate surface area is 187 Å². The van der Waals surface area contributed by atoms with E-state index in [-0.39, 0.29) is 26.2 Å². The Bertz CT molecular complexity index is 1480. The van der Waals surface area contributed by atoms with E-state index in [2.05, 4.69) is 9.97 Å². The van der Waals surface area contributed by atoms with E-state index in [4.69, 9.17) is 22.5 Å². The Balaban J connectivity index is 0.000000227. The molecule has 8 N–H and O–H groups in total. The van der Waals surface area contributed by atoms with Gasteiger partial charge in [-0.1, -0.05) is 13.5 Å². The highest BCUT2D eigenvalue weighted by Crippen LogP contribution is 2.13. The number of nitrogens with two attached hydrogens (primary N) is 3. The number of aromatic amines is 2. The zero-order chi connectivity index (χ0) is 23.4. The number of primary amides is 2. The molecular formula is C21H24N8O4. The topological polar surface area (TPSA) is 212 Å². The lowest BCUT2D eigenvalue weighted by Gasteiger charge is -2.00. The summed E-state index contributed by atoms with van der Waals surface area (Å²) in [4.78, 5) is 49.8. The fraction of sp³-hybridized carbons (Fsp3) is 0.190. The second-order valence-corrected chi connectivity index (χ2v) is 6.86. The number of carbonyl (C=O) groups excluding carboxylic acids is 2. The van der Waals surface area contributed by atoms with Gasteiger partial charge in [-0.3, -0.25) is 18.7 Å². The third-order valence-electron chi connectivity index (χ3n) is 4.61. The van der Waals surface area contributed by atoms with Crippen LogP contribution in [0, 0.1) is 11.3 Å².